The lowest BCUT2D eigenvalue weighted by Crippen LogP contribution is -2.17. The highest BCUT2D eigenvalue weighted by atomic mass is 79.9. The van der Waals surface area contributed by atoms with Crippen LogP contribution < -0.4 is 5.32 Å². The predicted octanol–water partition coefficient (Wildman–Crippen LogP) is 4.89. The maximum Gasteiger partial charge on any atom is 0.0157 e. The zero-order valence-electron chi connectivity index (χ0n) is 11.1. The van der Waals surface area contributed by atoms with E-state index >= 15 is 0 Å². The van der Waals surface area contributed by atoms with E-state index in [0.717, 1.165) is 11.9 Å². The molecule has 0 aromatic rings. The van der Waals surface area contributed by atoms with Gasteiger partial charge in [0.1, 0.15) is 0 Å². The molecule has 0 radical (unpaired) electrons. The Morgan fingerprint density at radius 1 is 0.688 bits per heavy atom. The minimum Gasteiger partial charge on any atom is -0.316 e. The van der Waals surface area contributed by atoms with Gasteiger partial charge in [0.15, 0.2) is 0 Å². The Bertz CT molecular complexity index is 103. The first kappa shape index (κ1) is 16.4. The van der Waals surface area contributed by atoms with Gasteiger partial charge < -0.3 is 5.32 Å². The molecule has 1 nitrogen and oxygen atoms in total. The molecule has 0 rings (SSSR count). The average molecular weight is 292 g/mol. The molecule has 2 heteroatoms. The van der Waals surface area contributed by atoms with Crippen LogP contribution in [0.1, 0.15) is 71.1 Å². The van der Waals surface area contributed by atoms with Gasteiger partial charge in [-0.2, -0.15) is 0 Å². The Kier molecular flexibility index (Phi) is 15.9. The zero-order chi connectivity index (χ0) is 11.9. The summed E-state index contributed by atoms with van der Waals surface area (Å²) < 4.78 is 0. The molecule has 0 heterocycles. The molecule has 1 N–H and O–H groups in total. The monoisotopic (exact) mass is 291 g/mol. The lowest BCUT2D eigenvalue weighted by molar-refractivity contribution is 0.547. The number of hydrogen-bond donors (Lipinski definition) is 1. The molecule has 98 valence electrons. The highest BCUT2D eigenvalue weighted by Gasteiger charge is 1.92. The highest BCUT2D eigenvalue weighted by molar-refractivity contribution is 9.09. The molecule has 0 atom stereocenters. The van der Waals surface area contributed by atoms with Crippen LogP contribution in [0.5, 0.6) is 0 Å². The summed E-state index contributed by atoms with van der Waals surface area (Å²) >= 11 is 3.42. The molecular formula is C14H30BrN. The van der Waals surface area contributed by atoms with Crippen molar-refractivity contribution >= 4 is 15.9 Å². The van der Waals surface area contributed by atoms with E-state index in [0.29, 0.717) is 0 Å². The van der Waals surface area contributed by atoms with Crippen molar-refractivity contribution in [2.45, 2.75) is 71.1 Å². The third kappa shape index (κ3) is 14.4. The summed E-state index contributed by atoms with van der Waals surface area (Å²) in [5.41, 5.74) is 0. The second kappa shape index (κ2) is 15.4. The van der Waals surface area contributed by atoms with Crippen LogP contribution in [0.2, 0.25) is 0 Å². The second-order valence-corrected chi connectivity index (χ2v) is 5.41. The third-order valence-electron chi connectivity index (χ3n) is 2.98. The molecule has 0 amide bonds. The van der Waals surface area contributed by atoms with Crippen LogP contribution >= 0.6 is 15.9 Å². The van der Waals surface area contributed by atoms with Crippen LogP contribution in [-0.2, 0) is 0 Å². The van der Waals surface area contributed by atoms with E-state index < -0.39 is 0 Å². The second-order valence-electron chi connectivity index (χ2n) is 4.62. The quantitative estimate of drug-likeness (QED) is 0.376. The summed E-state index contributed by atoms with van der Waals surface area (Å²) in [5, 5.41) is 4.49. The SMILES string of the molecule is CCCCCCCCCCCCNCCBr. The van der Waals surface area contributed by atoms with Gasteiger partial charge in [-0.05, 0) is 13.0 Å². The maximum absolute atomic E-state index is 3.42. The van der Waals surface area contributed by atoms with Gasteiger partial charge >= 0.3 is 0 Å². The number of unbranched alkanes of at least 4 members (excludes halogenated alkanes) is 9. The topological polar surface area (TPSA) is 12.0 Å². The molecule has 0 saturated carbocycles. The highest BCUT2D eigenvalue weighted by Crippen LogP contribution is 2.10. The van der Waals surface area contributed by atoms with Crippen molar-refractivity contribution in [2.75, 3.05) is 18.4 Å². The number of alkyl halides is 1. The fraction of sp³-hybridized carbons (Fsp3) is 1.00. The lowest BCUT2D eigenvalue weighted by Gasteiger charge is -2.03. The average Bonchev–Trinajstić information content (AvgIpc) is 2.31. The Labute approximate surface area is 111 Å². The van der Waals surface area contributed by atoms with E-state index in [1.807, 2.05) is 0 Å². The molecule has 0 aliphatic heterocycles. The van der Waals surface area contributed by atoms with Crippen molar-refractivity contribution in [3.05, 3.63) is 0 Å². The van der Waals surface area contributed by atoms with Gasteiger partial charge in [0.05, 0.1) is 0 Å². The summed E-state index contributed by atoms with van der Waals surface area (Å²) in [4.78, 5) is 0. The molecule has 0 spiro atoms. The van der Waals surface area contributed by atoms with Crippen LogP contribution in [0.25, 0.3) is 0 Å². The van der Waals surface area contributed by atoms with Crippen molar-refractivity contribution in [2.24, 2.45) is 0 Å². The van der Waals surface area contributed by atoms with Crippen LogP contribution in [0.4, 0.5) is 0 Å². The lowest BCUT2D eigenvalue weighted by atomic mass is 10.1. The summed E-state index contributed by atoms with van der Waals surface area (Å²) in [6.07, 6.45) is 14.3. The molecular weight excluding hydrogens is 262 g/mol. The van der Waals surface area contributed by atoms with Crippen LogP contribution in [-0.4, -0.2) is 18.4 Å². The first-order valence-corrected chi connectivity index (χ1v) is 8.30. The van der Waals surface area contributed by atoms with Crippen molar-refractivity contribution in [3.8, 4) is 0 Å². The number of nitrogens with one attached hydrogen (secondary N) is 1. The number of hydrogen-bond acceptors (Lipinski definition) is 1. The maximum atomic E-state index is 3.42. The Morgan fingerprint density at radius 2 is 1.19 bits per heavy atom. The summed E-state index contributed by atoms with van der Waals surface area (Å²) in [5.74, 6) is 0. The Balaban J connectivity index is 2.83. The molecule has 0 aromatic carbocycles. The predicted molar refractivity (Wildman–Crippen MR) is 78.5 cm³/mol. The van der Waals surface area contributed by atoms with Crippen molar-refractivity contribution < 1.29 is 0 Å². The summed E-state index contributed by atoms with van der Waals surface area (Å²) in [7, 11) is 0. The summed E-state index contributed by atoms with van der Waals surface area (Å²) in [6, 6.07) is 0. The van der Waals surface area contributed by atoms with Gasteiger partial charge in [-0.3, -0.25) is 0 Å². The van der Waals surface area contributed by atoms with Gasteiger partial charge in [0, 0.05) is 11.9 Å². The van der Waals surface area contributed by atoms with Gasteiger partial charge in [0.25, 0.3) is 0 Å². The van der Waals surface area contributed by atoms with Crippen LogP contribution in [0.15, 0.2) is 0 Å². The molecule has 0 aromatic heterocycles. The summed E-state index contributed by atoms with van der Waals surface area (Å²) in [6.45, 7) is 4.59. The van der Waals surface area contributed by atoms with E-state index in [1.54, 1.807) is 0 Å². The molecule has 0 aliphatic rings. The Hall–Kier alpha value is 0.440. The van der Waals surface area contributed by atoms with E-state index in [4.69, 9.17) is 0 Å². The fourth-order valence-electron chi connectivity index (χ4n) is 1.93. The van der Waals surface area contributed by atoms with Gasteiger partial charge in [-0.1, -0.05) is 80.6 Å². The molecule has 0 unspecified atom stereocenters. The van der Waals surface area contributed by atoms with Crippen LogP contribution in [0.3, 0.4) is 0 Å². The minimum absolute atomic E-state index is 1.07. The largest absolute Gasteiger partial charge is 0.316 e. The normalized spacial score (nSPS) is 10.9. The molecule has 16 heavy (non-hydrogen) atoms. The Morgan fingerprint density at radius 3 is 1.69 bits per heavy atom. The number of rotatable bonds is 13. The fourth-order valence-corrected chi connectivity index (χ4v) is 2.21. The van der Waals surface area contributed by atoms with Gasteiger partial charge in [-0.25, -0.2) is 0 Å². The van der Waals surface area contributed by atoms with E-state index in [2.05, 4.69) is 28.2 Å². The number of halogens is 1. The molecule has 0 bridgehead atoms. The molecule has 0 saturated heterocycles. The van der Waals surface area contributed by atoms with Gasteiger partial charge in [0.2, 0.25) is 0 Å². The van der Waals surface area contributed by atoms with Crippen LogP contribution in [0, 0.1) is 0 Å². The van der Waals surface area contributed by atoms with E-state index in [1.165, 1.54) is 70.8 Å². The van der Waals surface area contributed by atoms with Gasteiger partial charge in [-0.15, -0.1) is 0 Å². The first-order valence-electron chi connectivity index (χ1n) is 7.18. The standard InChI is InChI=1S/C14H30BrN/c1-2-3-4-5-6-7-8-9-10-11-13-16-14-12-15/h16H,2-14H2,1H3. The third-order valence-corrected chi connectivity index (χ3v) is 3.37. The van der Waals surface area contributed by atoms with Crippen molar-refractivity contribution in [1.29, 1.82) is 0 Å². The minimum atomic E-state index is 1.07. The van der Waals surface area contributed by atoms with E-state index in [-0.39, 0.29) is 0 Å². The van der Waals surface area contributed by atoms with Crippen molar-refractivity contribution in [3.63, 3.8) is 0 Å². The smallest absolute Gasteiger partial charge is 0.0157 e. The molecule has 0 fully saturated rings. The first-order chi connectivity index (χ1) is 7.91. The van der Waals surface area contributed by atoms with E-state index in [9.17, 15) is 0 Å². The zero-order valence-corrected chi connectivity index (χ0v) is 12.7. The molecule has 0 aliphatic carbocycles. The van der Waals surface area contributed by atoms with Crippen molar-refractivity contribution in [1.82, 2.24) is 5.32 Å².